The quantitative estimate of drug-likeness (QED) is 0.652. The van der Waals surface area contributed by atoms with E-state index < -0.39 is 4.92 Å². The number of hydrogen-bond acceptors (Lipinski definition) is 4. The Morgan fingerprint density at radius 1 is 1.38 bits per heavy atom. The van der Waals surface area contributed by atoms with Crippen LogP contribution in [0.3, 0.4) is 0 Å². The minimum absolute atomic E-state index is 0.00625. The fraction of sp³-hybridized carbons (Fsp3) is 0.429. The van der Waals surface area contributed by atoms with Gasteiger partial charge in [-0.25, -0.2) is 0 Å². The summed E-state index contributed by atoms with van der Waals surface area (Å²) in [6.07, 6.45) is 2.30. The van der Waals surface area contributed by atoms with Crippen LogP contribution >= 0.6 is 0 Å². The van der Waals surface area contributed by atoms with E-state index in [4.69, 9.17) is 0 Å². The average Bonchev–Trinajstić information content (AvgIpc) is 2.48. The van der Waals surface area contributed by atoms with Crippen molar-refractivity contribution in [2.45, 2.75) is 25.8 Å². The third-order valence-corrected chi connectivity index (χ3v) is 3.37. The van der Waals surface area contributed by atoms with E-state index in [9.17, 15) is 19.7 Å². The Labute approximate surface area is 122 Å². The van der Waals surface area contributed by atoms with Gasteiger partial charge in [0.15, 0.2) is 0 Å². The average molecular weight is 291 g/mol. The number of non-ortho nitro benzene ring substituents is 1. The highest BCUT2D eigenvalue weighted by atomic mass is 16.6. The molecular formula is C14H17N3O4. The third kappa shape index (κ3) is 4.27. The number of benzene rings is 1. The molecule has 1 aliphatic heterocycles. The summed E-state index contributed by atoms with van der Waals surface area (Å²) in [4.78, 5) is 35.1. The molecule has 0 bridgehead atoms. The lowest BCUT2D eigenvalue weighted by Gasteiger charge is -2.25. The van der Waals surface area contributed by atoms with Crippen molar-refractivity contribution < 1.29 is 14.5 Å². The highest BCUT2D eigenvalue weighted by Crippen LogP contribution is 2.13. The predicted molar refractivity (Wildman–Crippen MR) is 75.4 cm³/mol. The lowest BCUT2D eigenvalue weighted by molar-refractivity contribution is -0.384. The van der Waals surface area contributed by atoms with Crippen LogP contribution in [0.2, 0.25) is 0 Å². The van der Waals surface area contributed by atoms with Gasteiger partial charge in [-0.05, 0) is 18.4 Å². The standard InChI is InChI=1S/C14H17N3O4/c18-13(10-16-7-2-1-6-14(16)19)15-9-11-4-3-5-12(8-11)17(20)21/h3-5,8H,1-2,6-7,9-10H2,(H,15,18). The molecule has 7 nitrogen and oxygen atoms in total. The molecule has 112 valence electrons. The molecule has 0 atom stereocenters. The summed E-state index contributed by atoms with van der Waals surface area (Å²) in [6.45, 7) is 0.874. The molecule has 1 aromatic rings. The maximum atomic E-state index is 11.8. The van der Waals surface area contributed by atoms with Gasteiger partial charge >= 0.3 is 0 Å². The Bertz CT molecular complexity index is 559. The molecule has 21 heavy (non-hydrogen) atoms. The molecule has 0 spiro atoms. The third-order valence-electron chi connectivity index (χ3n) is 3.37. The predicted octanol–water partition coefficient (Wildman–Crippen LogP) is 1.22. The normalized spacial score (nSPS) is 14.9. The smallest absolute Gasteiger partial charge is 0.269 e. The van der Waals surface area contributed by atoms with Crippen molar-refractivity contribution in [2.75, 3.05) is 13.1 Å². The molecule has 1 aliphatic rings. The summed E-state index contributed by atoms with van der Waals surface area (Å²) in [5, 5.41) is 13.3. The molecule has 1 heterocycles. The van der Waals surface area contributed by atoms with E-state index in [-0.39, 0.29) is 30.6 Å². The molecule has 1 fully saturated rings. The van der Waals surface area contributed by atoms with Crippen LogP contribution < -0.4 is 5.32 Å². The Kier molecular flexibility index (Phi) is 4.86. The first kappa shape index (κ1) is 15.0. The van der Waals surface area contributed by atoms with Crippen molar-refractivity contribution in [3.63, 3.8) is 0 Å². The van der Waals surface area contributed by atoms with Gasteiger partial charge in [-0.1, -0.05) is 12.1 Å². The van der Waals surface area contributed by atoms with Crippen LogP contribution in [0.4, 0.5) is 5.69 Å². The zero-order chi connectivity index (χ0) is 15.2. The zero-order valence-electron chi connectivity index (χ0n) is 11.6. The fourth-order valence-corrected chi connectivity index (χ4v) is 2.24. The zero-order valence-corrected chi connectivity index (χ0v) is 11.6. The molecular weight excluding hydrogens is 274 g/mol. The van der Waals surface area contributed by atoms with Crippen molar-refractivity contribution in [3.8, 4) is 0 Å². The molecule has 0 unspecified atom stereocenters. The first-order valence-electron chi connectivity index (χ1n) is 6.84. The van der Waals surface area contributed by atoms with Crippen molar-refractivity contribution >= 4 is 17.5 Å². The largest absolute Gasteiger partial charge is 0.350 e. The summed E-state index contributed by atoms with van der Waals surface area (Å²) in [5.41, 5.74) is 0.649. The van der Waals surface area contributed by atoms with Gasteiger partial charge in [-0.3, -0.25) is 19.7 Å². The van der Waals surface area contributed by atoms with Gasteiger partial charge in [0, 0.05) is 31.6 Å². The minimum Gasteiger partial charge on any atom is -0.350 e. The Hall–Kier alpha value is -2.44. The van der Waals surface area contributed by atoms with Gasteiger partial charge < -0.3 is 10.2 Å². The molecule has 0 radical (unpaired) electrons. The van der Waals surface area contributed by atoms with Crippen molar-refractivity contribution in [1.82, 2.24) is 10.2 Å². The molecule has 1 N–H and O–H groups in total. The Balaban J connectivity index is 1.85. The lowest BCUT2D eigenvalue weighted by Crippen LogP contribution is -2.42. The van der Waals surface area contributed by atoms with Gasteiger partial charge in [-0.15, -0.1) is 0 Å². The second-order valence-electron chi connectivity index (χ2n) is 4.98. The summed E-state index contributed by atoms with van der Waals surface area (Å²) < 4.78 is 0. The van der Waals surface area contributed by atoms with Gasteiger partial charge in [0.1, 0.15) is 0 Å². The monoisotopic (exact) mass is 291 g/mol. The van der Waals surface area contributed by atoms with E-state index in [1.807, 2.05) is 0 Å². The van der Waals surface area contributed by atoms with E-state index in [1.165, 1.54) is 12.1 Å². The molecule has 1 aromatic carbocycles. The van der Waals surface area contributed by atoms with Gasteiger partial charge in [0.25, 0.3) is 5.69 Å². The van der Waals surface area contributed by atoms with E-state index in [1.54, 1.807) is 17.0 Å². The van der Waals surface area contributed by atoms with Gasteiger partial charge in [0.2, 0.25) is 11.8 Å². The molecule has 0 saturated carbocycles. The van der Waals surface area contributed by atoms with Crippen LogP contribution in [-0.4, -0.2) is 34.7 Å². The number of nitro benzene ring substituents is 1. The number of nitrogens with one attached hydrogen (secondary N) is 1. The minimum atomic E-state index is -0.474. The van der Waals surface area contributed by atoms with Crippen LogP contribution in [0.5, 0.6) is 0 Å². The van der Waals surface area contributed by atoms with E-state index in [0.29, 0.717) is 18.5 Å². The number of carbonyl (C=O) groups excluding carboxylic acids is 2. The molecule has 2 rings (SSSR count). The molecule has 1 saturated heterocycles. The van der Waals surface area contributed by atoms with E-state index in [0.717, 1.165) is 12.8 Å². The number of carbonyl (C=O) groups is 2. The van der Waals surface area contributed by atoms with Crippen LogP contribution in [0.15, 0.2) is 24.3 Å². The number of nitro groups is 1. The number of nitrogens with zero attached hydrogens (tertiary/aromatic N) is 2. The second-order valence-corrected chi connectivity index (χ2v) is 4.98. The summed E-state index contributed by atoms with van der Waals surface area (Å²) in [7, 11) is 0. The summed E-state index contributed by atoms with van der Waals surface area (Å²) in [5.74, 6) is -0.247. The van der Waals surface area contributed by atoms with Gasteiger partial charge in [-0.2, -0.15) is 0 Å². The summed E-state index contributed by atoms with van der Waals surface area (Å²) in [6, 6.07) is 6.11. The Morgan fingerprint density at radius 3 is 2.90 bits per heavy atom. The second kappa shape index (κ2) is 6.83. The van der Waals surface area contributed by atoms with Crippen molar-refractivity contribution in [2.24, 2.45) is 0 Å². The highest BCUT2D eigenvalue weighted by molar-refractivity contribution is 5.85. The SMILES string of the molecule is O=C(CN1CCCCC1=O)NCc1cccc([N+](=O)[O-])c1. The number of rotatable bonds is 5. The maximum Gasteiger partial charge on any atom is 0.269 e. The number of hydrogen-bond donors (Lipinski definition) is 1. The van der Waals surface area contributed by atoms with Crippen LogP contribution in [0, 0.1) is 10.1 Å². The molecule has 0 aliphatic carbocycles. The van der Waals surface area contributed by atoms with E-state index in [2.05, 4.69) is 5.32 Å². The molecule has 7 heteroatoms. The van der Waals surface area contributed by atoms with Crippen LogP contribution in [0.1, 0.15) is 24.8 Å². The summed E-state index contributed by atoms with van der Waals surface area (Å²) >= 11 is 0. The van der Waals surface area contributed by atoms with Crippen LogP contribution in [-0.2, 0) is 16.1 Å². The lowest BCUT2D eigenvalue weighted by atomic mass is 10.1. The van der Waals surface area contributed by atoms with E-state index >= 15 is 0 Å². The van der Waals surface area contributed by atoms with Crippen molar-refractivity contribution in [3.05, 3.63) is 39.9 Å². The topological polar surface area (TPSA) is 92.6 Å². The molecule has 2 amide bonds. The highest BCUT2D eigenvalue weighted by Gasteiger charge is 2.20. The molecule has 0 aromatic heterocycles. The van der Waals surface area contributed by atoms with Gasteiger partial charge in [0.05, 0.1) is 11.5 Å². The number of likely N-dealkylation sites (tertiary alicyclic amines) is 1. The first-order valence-corrected chi connectivity index (χ1v) is 6.84. The van der Waals surface area contributed by atoms with Crippen LogP contribution in [0.25, 0.3) is 0 Å². The van der Waals surface area contributed by atoms with Crippen molar-refractivity contribution in [1.29, 1.82) is 0 Å². The Morgan fingerprint density at radius 2 is 2.19 bits per heavy atom. The number of piperidine rings is 1. The number of amides is 2. The first-order chi connectivity index (χ1) is 10.1. The fourth-order valence-electron chi connectivity index (χ4n) is 2.24. The maximum absolute atomic E-state index is 11.8.